The predicted octanol–water partition coefficient (Wildman–Crippen LogP) is -0.589. The number of amides is 1. The van der Waals surface area contributed by atoms with E-state index in [1.54, 1.807) is 30.7 Å². The van der Waals surface area contributed by atoms with E-state index < -0.39 is 7.05 Å². The number of hydrogen-bond acceptors (Lipinski definition) is 4. The van der Waals surface area contributed by atoms with Gasteiger partial charge in [-0.15, -0.1) is 0 Å². The van der Waals surface area contributed by atoms with Crippen molar-refractivity contribution in [3.63, 3.8) is 0 Å². The largest absolute Gasteiger partial charge is 0.437 e. The number of rotatable bonds is 3. The predicted molar refractivity (Wildman–Crippen MR) is 68.8 cm³/mol. The lowest BCUT2D eigenvalue weighted by Crippen LogP contribution is -2.60. The highest BCUT2D eigenvalue weighted by Gasteiger charge is 2.38. The highest BCUT2D eigenvalue weighted by atomic mass is 16.2. The maximum absolute atomic E-state index is 11.9. The van der Waals surface area contributed by atoms with E-state index in [0.717, 1.165) is 0 Å². The second-order valence-electron chi connectivity index (χ2n) is 4.52. The number of carbonyl (C=O) groups is 1. The molecule has 0 aromatic carbocycles. The smallest absolute Gasteiger partial charge is 0.377 e. The fraction of sp³-hybridized carbons (Fsp3) is 0.455. The van der Waals surface area contributed by atoms with Crippen molar-refractivity contribution in [1.29, 1.82) is 0 Å². The molecule has 1 saturated heterocycles. The molecular formula is C11H16BN3O3. The number of pyridine rings is 1. The molecule has 6 nitrogen and oxygen atoms in total. The molecule has 0 radical (unpaired) electrons. The summed E-state index contributed by atoms with van der Waals surface area (Å²) in [5, 5.41) is 9.43. The quantitative estimate of drug-likeness (QED) is 0.702. The van der Waals surface area contributed by atoms with Crippen molar-refractivity contribution in [1.82, 2.24) is 9.49 Å². The van der Waals surface area contributed by atoms with Gasteiger partial charge in [-0.05, 0) is 32.8 Å². The second kappa shape index (κ2) is 4.95. The van der Waals surface area contributed by atoms with Gasteiger partial charge in [0, 0.05) is 11.8 Å². The van der Waals surface area contributed by atoms with Crippen LogP contribution in [0.4, 0.5) is 0 Å². The van der Waals surface area contributed by atoms with E-state index in [2.05, 4.69) is 5.43 Å². The molecule has 0 spiro atoms. The first-order valence-electron chi connectivity index (χ1n) is 5.93. The fourth-order valence-corrected chi connectivity index (χ4v) is 2.02. The van der Waals surface area contributed by atoms with Gasteiger partial charge in [0.2, 0.25) is 0 Å². The van der Waals surface area contributed by atoms with Crippen LogP contribution >= 0.6 is 0 Å². The standard InChI is InChI=1S/C11H16BN3O3/c1-8-4-3-6-15(11(8)17)13-10(16)9-5-7-14(9)12(2)18/h3-4,6,9,18H,5,7H2,1-2H3,(H,13,16). The van der Waals surface area contributed by atoms with Crippen molar-refractivity contribution < 1.29 is 9.82 Å². The Kier molecular flexibility index (Phi) is 3.54. The van der Waals surface area contributed by atoms with E-state index in [-0.39, 0.29) is 17.5 Å². The number of aromatic nitrogens is 1. The molecule has 7 heteroatoms. The lowest BCUT2D eigenvalue weighted by molar-refractivity contribution is -0.124. The Labute approximate surface area is 105 Å². The summed E-state index contributed by atoms with van der Waals surface area (Å²) in [7, 11) is -0.649. The summed E-state index contributed by atoms with van der Waals surface area (Å²) in [5.74, 6) is -0.269. The van der Waals surface area contributed by atoms with Gasteiger partial charge < -0.3 is 9.83 Å². The maximum Gasteiger partial charge on any atom is 0.377 e. The molecular weight excluding hydrogens is 233 g/mol. The van der Waals surface area contributed by atoms with E-state index in [0.29, 0.717) is 18.5 Å². The highest BCUT2D eigenvalue weighted by molar-refractivity contribution is 6.46. The molecule has 1 aliphatic rings. The summed E-state index contributed by atoms with van der Waals surface area (Å²) in [6.45, 7) is 4.01. The first kappa shape index (κ1) is 12.9. The second-order valence-corrected chi connectivity index (χ2v) is 4.52. The van der Waals surface area contributed by atoms with Crippen molar-refractivity contribution >= 4 is 13.0 Å². The third-order valence-electron chi connectivity index (χ3n) is 3.21. The van der Waals surface area contributed by atoms with Gasteiger partial charge in [-0.25, -0.2) is 4.68 Å². The Morgan fingerprint density at radius 2 is 2.33 bits per heavy atom. The SMILES string of the molecule is CB(O)N1CCC1C(=O)Nn1cccc(C)c1=O. The molecule has 18 heavy (non-hydrogen) atoms. The summed E-state index contributed by atoms with van der Waals surface area (Å²) in [5.41, 5.74) is 2.88. The van der Waals surface area contributed by atoms with Gasteiger partial charge >= 0.3 is 7.05 Å². The zero-order valence-corrected chi connectivity index (χ0v) is 10.5. The zero-order chi connectivity index (χ0) is 13.3. The molecule has 1 aromatic rings. The first-order chi connectivity index (χ1) is 8.50. The van der Waals surface area contributed by atoms with Gasteiger partial charge in [0.05, 0.1) is 6.04 Å². The Bertz CT molecular complexity index is 515. The normalized spacial score (nSPS) is 19.2. The Balaban J connectivity index is 2.08. The van der Waals surface area contributed by atoms with Crippen LogP contribution in [0.3, 0.4) is 0 Å². The molecule has 1 atom stereocenters. The van der Waals surface area contributed by atoms with Crippen molar-refractivity contribution in [3.05, 3.63) is 34.2 Å². The van der Waals surface area contributed by atoms with Gasteiger partial charge in [0.25, 0.3) is 11.5 Å². The summed E-state index contributed by atoms with van der Waals surface area (Å²) in [6, 6.07) is 3.03. The molecule has 1 aliphatic heterocycles. The number of carbonyl (C=O) groups excluding carboxylic acids is 1. The topological polar surface area (TPSA) is 74.6 Å². The van der Waals surface area contributed by atoms with Crippen molar-refractivity contribution in [3.8, 4) is 0 Å². The number of nitrogens with zero attached hydrogens (tertiary/aromatic N) is 2. The third kappa shape index (κ3) is 2.32. The van der Waals surface area contributed by atoms with Crippen LogP contribution < -0.4 is 11.0 Å². The van der Waals surface area contributed by atoms with Crippen LogP contribution in [0.25, 0.3) is 0 Å². The molecule has 1 fully saturated rings. The molecule has 1 amide bonds. The first-order valence-corrected chi connectivity index (χ1v) is 5.93. The monoisotopic (exact) mass is 249 g/mol. The van der Waals surface area contributed by atoms with Crippen LogP contribution in [0.1, 0.15) is 12.0 Å². The molecule has 2 N–H and O–H groups in total. The average molecular weight is 249 g/mol. The van der Waals surface area contributed by atoms with Crippen molar-refractivity contribution in [2.45, 2.75) is 26.2 Å². The average Bonchev–Trinajstić information content (AvgIpc) is 2.22. The van der Waals surface area contributed by atoms with Crippen LogP contribution in [-0.2, 0) is 4.79 Å². The maximum atomic E-state index is 11.9. The van der Waals surface area contributed by atoms with Gasteiger partial charge in [-0.3, -0.25) is 15.0 Å². The minimum absolute atomic E-state index is 0.242. The van der Waals surface area contributed by atoms with E-state index in [9.17, 15) is 14.6 Å². The van der Waals surface area contributed by atoms with E-state index in [1.165, 1.54) is 10.9 Å². The summed E-state index contributed by atoms with van der Waals surface area (Å²) in [6.07, 6.45) is 2.20. The van der Waals surface area contributed by atoms with Gasteiger partial charge in [-0.2, -0.15) is 0 Å². The summed E-state index contributed by atoms with van der Waals surface area (Å²) < 4.78 is 1.18. The summed E-state index contributed by atoms with van der Waals surface area (Å²) in [4.78, 5) is 25.4. The van der Waals surface area contributed by atoms with Gasteiger partial charge in [-0.1, -0.05) is 6.07 Å². The Hall–Kier alpha value is -1.60. The fourth-order valence-electron chi connectivity index (χ4n) is 2.02. The van der Waals surface area contributed by atoms with E-state index in [1.807, 2.05) is 0 Å². The Morgan fingerprint density at radius 3 is 2.89 bits per heavy atom. The van der Waals surface area contributed by atoms with Gasteiger partial charge in [0.1, 0.15) is 0 Å². The summed E-state index contributed by atoms with van der Waals surface area (Å²) >= 11 is 0. The van der Waals surface area contributed by atoms with Gasteiger partial charge in [0.15, 0.2) is 0 Å². The number of hydrogen-bond donors (Lipinski definition) is 2. The van der Waals surface area contributed by atoms with E-state index in [4.69, 9.17) is 0 Å². The Morgan fingerprint density at radius 1 is 1.61 bits per heavy atom. The molecule has 0 saturated carbocycles. The van der Waals surface area contributed by atoms with Crippen LogP contribution in [0.15, 0.2) is 23.1 Å². The molecule has 2 heterocycles. The molecule has 0 bridgehead atoms. The zero-order valence-electron chi connectivity index (χ0n) is 10.5. The van der Waals surface area contributed by atoms with Crippen molar-refractivity contribution in [2.75, 3.05) is 12.0 Å². The molecule has 2 rings (SSSR count). The lowest BCUT2D eigenvalue weighted by Gasteiger charge is -2.40. The minimum Gasteiger partial charge on any atom is -0.437 e. The molecule has 1 aromatic heterocycles. The number of nitrogens with one attached hydrogen (secondary N) is 1. The third-order valence-corrected chi connectivity index (χ3v) is 3.21. The van der Waals surface area contributed by atoms with Crippen LogP contribution in [0.5, 0.6) is 0 Å². The molecule has 0 aliphatic carbocycles. The van der Waals surface area contributed by atoms with Crippen molar-refractivity contribution in [2.24, 2.45) is 0 Å². The molecule has 1 unspecified atom stereocenters. The number of aryl methyl sites for hydroxylation is 1. The lowest BCUT2D eigenvalue weighted by atomic mass is 9.77. The van der Waals surface area contributed by atoms with Crippen LogP contribution in [0.2, 0.25) is 6.82 Å². The van der Waals surface area contributed by atoms with E-state index >= 15 is 0 Å². The van der Waals surface area contributed by atoms with Crippen LogP contribution in [-0.4, -0.2) is 40.1 Å². The highest BCUT2D eigenvalue weighted by Crippen LogP contribution is 2.18. The van der Waals surface area contributed by atoms with Crippen LogP contribution in [0, 0.1) is 6.92 Å². The molecule has 96 valence electrons. The minimum atomic E-state index is -0.649.